The van der Waals surface area contributed by atoms with Gasteiger partial charge in [0.2, 0.25) is 5.91 Å². The van der Waals surface area contributed by atoms with Gasteiger partial charge in [-0.2, -0.15) is 0 Å². The zero-order chi connectivity index (χ0) is 31.4. The molecule has 4 amide bonds. The Bertz CT molecular complexity index is 1650. The van der Waals surface area contributed by atoms with Crippen LogP contribution in [-0.2, 0) is 18.3 Å². The predicted molar refractivity (Wildman–Crippen MR) is 171 cm³/mol. The molecule has 0 radical (unpaired) electrons. The summed E-state index contributed by atoms with van der Waals surface area (Å²) in [4.78, 5) is 43.0. The second-order valence-corrected chi connectivity index (χ2v) is 11.5. The van der Waals surface area contributed by atoms with E-state index < -0.39 is 12.1 Å². The van der Waals surface area contributed by atoms with E-state index in [1.54, 1.807) is 42.0 Å². The molecular formula is C34H39N5O5. The molecule has 5 rings (SSSR count). The van der Waals surface area contributed by atoms with Crippen molar-refractivity contribution in [1.29, 1.82) is 0 Å². The Labute approximate surface area is 257 Å². The van der Waals surface area contributed by atoms with E-state index >= 15 is 0 Å². The molecular weight excluding hydrogens is 558 g/mol. The van der Waals surface area contributed by atoms with Crippen LogP contribution in [0, 0.1) is 5.92 Å². The Kier molecular flexibility index (Phi) is 9.20. The molecule has 10 heteroatoms. The molecule has 2 heterocycles. The minimum Gasteiger partial charge on any atom is -0.487 e. The summed E-state index contributed by atoms with van der Waals surface area (Å²) in [6.07, 6.45) is 1.68. The molecule has 1 aromatic heterocycles. The number of benzene rings is 3. The van der Waals surface area contributed by atoms with Gasteiger partial charge >= 0.3 is 6.03 Å². The van der Waals surface area contributed by atoms with Gasteiger partial charge < -0.3 is 34.8 Å². The van der Waals surface area contributed by atoms with Crippen molar-refractivity contribution >= 4 is 40.1 Å². The van der Waals surface area contributed by atoms with Crippen LogP contribution >= 0.6 is 0 Å². The summed E-state index contributed by atoms with van der Waals surface area (Å²) in [5, 5.41) is 16.8. The summed E-state index contributed by atoms with van der Waals surface area (Å²) in [7, 11) is 3.65. The minimum atomic E-state index is -0.450. The number of para-hydroxylation sites is 2. The summed E-state index contributed by atoms with van der Waals surface area (Å²) in [6.45, 7) is 4.12. The van der Waals surface area contributed by atoms with Crippen LogP contribution in [0.25, 0.3) is 10.9 Å². The molecule has 0 saturated heterocycles. The first-order valence-electron chi connectivity index (χ1n) is 14.8. The van der Waals surface area contributed by atoms with Gasteiger partial charge in [0.15, 0.2) is 0 Å². The average Bonchev–Trinajstić information content (AvgIpc) is 3.33. The maximum atomic E-state index is 13.8. The Morgan fingerprint density at radius 1 is 1.05 bits per heavy atom. The number of aromatic nitrogens is 1. The Hall–Kier alpha value is -4.83. The number of likely N-dealkylation sites (N-methyl/N-ethyl adjacent to an activating group) is 1. The molecule has 0 saturated carbocycles. The normalized spacial score (nSPS) is 17.2. The first-order chi connectivity index (χ1) is 21.1. The van der Waals surface area contributed by atoms with Gasteiger partial charge in [-0.1, -0.05) is 43.3 Å². The number of aliphatic hydroxyl groups excluding tert-OH is 1. The molecule has 0 bridgehead atoms. The summed E-state index contributed by atoms with van der Waals surface area (Å²) >= 11 is 0. The molecule has 3 aromatic carbocycles. The zero-order valence-corrected chi connectivity index (χ0v) is 25.5. The predicted octanol–water partition coefficient (Wildman–Crippen LogP) is 4.74. The lowest BCUT2D eigenvalue weighted by atomic mass is 9.99. The highest BCUT2D eigenvalue weighted by Crippen LogP contribution is 2.31. The Morgan fingerprint density at radius 3 is 2.52 bits per heavy atom. The number of rotatable bonds is 8. The lowest BCUT2D eigenvalue weighted by Crippen LogP contribution is -2.50. The molecule has 0 fully saturated rings. The Morgan fingerprint density at radius 2 is 1.77 bits per heavy atom. The monoisotopic (exact) mass is 597 g/mol. The van der Waals surface area contributed by atoms with E-state index in [4.69, 9.17) is 4.74 Å². The van der Waals surface area contributed by atoms with E-state index in [-0.39, 0.29) is 48.9 Å². The van der Waals surface area contributed by atoms with Crippen LogP contribution < -0.4 is 15.4 Å². The number of nitrogens with one attached hydrogen (secondary N) is 2. The van der Waals surface area contributed by atoms with Gasteiger partial charge in [-0.3, -0.25) is 9.59 Å². The molecule has 1 aliphatic rings. The second kappa shape index (κ2) is 13.2. The SMILES string of the molecule is C[C@H]1CN([C@@H](C)CO)C(=O)c2cc(NC(=O)Cc3cn(C)c4ccccc34)ccc2O[C@@H]1CN(C)C(=O)Nc1ccccc1. The van der Waals surface area contributed by atoms with E-state index in [2.05, 4.69) is 10.6 Å². The molecule has 3 N–H and O–H groups in total. The number of nitrogens with zero attached hydrogens (tertiary/aromatic N) is 3. The van der Waals surface area contributed by atoms with Crippen molar-refractivity contribution in [3.05, 3.63) is 90.1 Å². The van der Waals surface area contributed by atoms with Gasteiger partial charge in [-0.25, -0.2) is 4.79 Å². The van der Waals surface area contributed by atoms with Crippen LogP contribution in [0.3, 0.4) is 0 Å². The topological polar surface area (TPSA) is 116 Å². The van der Waals surface area contributed by atoms with Crippen molar-refractivity contribution < 1.29 is 24.2 Å². The highest BCUT2D eigenvalue weighted by atomic mass is 16.5. The van der Waals surface area contributed by atoms with Gasteiger partial charge in [-0.05, 0) is 48.9 Å². The fraction of sp³-hybridized carbons (Fsp3) is 0.324. The maximum Gasteiger partial charge on any atom is 0.321 e. The number of fused-ring (bicyclic) bond motifs is 2. The lowest BCUT2D eigenvalue weighted by molar-refractivity contribution is -0.115. The van der Waals surface area contributed by atoms with Crippen molar-refractivity contribution in [3.63, 3.8) is 0 Å². The standard InChI is InChI=1S/C34H39N5O5/c1-22-18-39(23(2)21-40)33(42)28-17-26(35-32(41)16-24-19-37(3)29-13-9-8-12-27(24)29)14-15-30(28)44-31(22)20-38(4)34(43)36-25-10-6-5-7-11-25/h5-15,17,19,22-23,31,40H,16,18,20-21H2,1-4H3,(H,35,41)(H,36,43)/t22-,23-,31+/m0/s1. The van der Waals surface area contributed by atoms with Gasteiger partial charge in [-0.15, -0.1) is 0 Å². The smallest absolute Gasteiger partial charge is 0.321 e. The van der Waals surface area contributed by atoms with Crippen LogP contribution in [-0.4, -0.2) is 76.2 Å². The molecule has 4 aromatic rings. The van der Waals surface area contributed by atoms with Crippen LogP contribution in [0.2, 0.25) is 0 Å². The maximum absolute atomic E-state index is 13.8. The number of aryl methyl sites for hydroxylation is 1. The summed E-state index contributed by atoms with van der Waals surface area (Å²) < 4.78 is 8.41. The fourth-order valence-corrected chi connectivity index (χ4v) is 5.56. The quantitative estimate of drug-likeness (QED) is 0.271. The van der Waals surface area contributed by atoms with E-state index in [0.29, 0.717) is 23.7 Å². The van der Waals surface area contributed by atoms with Crippen molar-refractivity contribution in [2.45, 2.75) is 32.4 Å². The van der Waals surface area contributed by atoms with Gasteiger partial charge in [0.05, 0.1) is 31.2 Å². The highest BCUT2D eigenvalue weighted by molar-refractivity contribution is 6.01. The number of hydrogen-bond acceptors (Lipinski definition) is 5. The number of carbonyl (C=O) groups excluding carboxylic acids is 3. The first-order valence-corrected chi connectivity index (χ1v) is 14.8. The molecule has 1 aliphatic heterocycles. The van der Waals surface area contributed by atoms with Crippen LogP contribution in [0.5, 0.6) is 5.75 Å². The van der Waals surface area contributed by atoms with Crippen molar-refractivity contribution in [1.82, 2.24) is 14.4 Å². The van der Waals surface area contributed by atoms with Crippen LogP contribution in [0.15, 0.2) is 79.0 Å². The van der Waals surface area contributed by atoms with E-state index in [1.807, 2.05) is 79.3 Å². The molecule has 0 aliphatic carbocycles. The van der Waals surface area contributed by atoms with Gasteiger partial charge in [0, 0.05) is 55.0 Å². The zero-order valence-electron chi connectivity index (χ0n) is 25.5. The number of aliphatic hydroxyl groups is 1. The summed E-state index contributed by atoms with van der Waals surface area (Å²) in [6, 6.07) is 21.4. The molecule has 3 atom stereocenters. The molecule has 0 spiro atoms. The summed E-state index contributed by atoms with van der Waals surface area (Å²) in [5.41, 5.74) is 3.38. The fourth-order valence-electron chi connectivity index (χ4n) is 5.56. The molecule has 44 heavy (non-hydrogen) atoms. The number of urea groups is 1. The molecule has 0 unspecified atom stereocenters. The average molecular weight is 598 g/mol. The highest BCUT2D eigenvalue weighted by Gasteiger charge is 2.34. The molecule has 10 nitrogen and oxygen atoms in total. The number of amides is 4. The first kappa shape index (κ1) is 30.6. The van der Waals surface area contributed by atoms with Crippen LogP contribution in [0.1, 0.15) is 29.8 Å². The third kappa shape index (κ3) is 6.70. The molecule has 230 valence electrons. The largest absolute Gasteiger partial charge is 0.487 e. The van der Waals surface area contributed by atoms with Crippen LogP contribution in [0.4, 0.5) is 16.2 Å². The second-order valence-electron chi connectivity index (χ2n) is 11.5. The lowest BCUT2D eigenvalue weighted by Gasteiger charge is -2.38. The van der Waals surface area contributed by atoms with Crippen molar-refractivity contribution in [2.75, 3.05) is 37.4 Å². The van der Waals surface area contributed by atoms with Crippen molar-refractivity contribution in [3.8, 4) is 5.75 Å². The van der Waals surface area contributed by atoms with E-state index in [9.17, 15) is 19.5 Å². The third-order valence-corrected chi connectivity index (χ3v) is 8.10. The number of hydrogen-bond donors (Lipinski definition) is 3. The van der Waals surface area contributed by atoms with Gasteiger partial charge in [0.1, 0.15) is 11.9 Å². The minimum absolute atomic E-state index is 0.159. The van der Waals surface area contributed by atoms with Gasteiger partial charge in [0.25, 0.3) is 5.91 Å². The number of anilines is 2. The van der Waals surface area contributed by atoms with E-state index in [1.165, 1.54) is 0 Å². The number of ether oxygens (including phenoxy) is 1. The van der Waals surface area contributed by atoms with Crippen molar-refractivity contribution in [2.24, 2.45) is 13.0 Å². The Balaban J connectivity index is 1.36. The third-order valence-electron chi connectivity index (χ3n) is 8.10. The van der Waals surface area contributed by atoms with E-state index in [0.717, 1.165) is 16.5 Å². The summed E-state index contributed by atoms with van der Waals surface area (Å²) in [5.74, 6) is -0.315. The number of carbonyl (C=O) groups is 3.